The number of pyridine rings is 1. The Kier molecular flexibility index (Phi) is 6.64. The van der Waals surface area contributed by atoms with Gasteiger partial charge in [-0.2, -0.15) is 0 Å². The number of fused-ring (bicyclic) bond motifs is 1. The zero-order valence-electron chi connectivity index (χ0n) is 16.3. The van der Waals surface area contributed by atoms with Crippen LogP contribution < -0.4 is 15.5 Å². The Morgan fingerprint density at radius 2 is 1.97 bits per heavy atom. The predicted octanol–water partition coefficient (Wildman–Crippen LogP) is 1.94. The van der Waals surface area contributed by atoms with Crippen LogP contribution in [-0.4, -0.2) is 40.9 Å². The van der Waals surface area contributed by atoms with Crippen LogP contribution >= 0.6 is 0 Å². The molecule has 2 aromatic rings. The number of hydrogen-bond acceptors (Lipinski definition) is 4. The predicted molar refractivity (Wildman–Crippen MR) is 105 cm³/mol. The molecule has 0 atom stereocenters. The highest BCUT2D eigenvalue weighted by atomic mass is 19.1. The van der Waals surface area contributed by atoms with Crippen molar-refractivity contribution >= 4 is 11.8 Å². The highest BCUT2D eigenvalue weighted by Crippen LogP contribution is 2.15. The molecule has 154 valence electrons. The standard InChI is InChI=1S/C21H24FN3O4/c1-2-3-20(27)23-8-9-24-10-11-25-13-19(18(26)12-17(25)21(24)28)29-14-15-4-6-16(22)7-5-15/h4-7,12-13H,2-3,8-11,14H2,1H3,(H,23,27). The Bertz CT molecular complexity index is 940. The highest BCUT2D eigenvalue weighted by molar-refractivity contribution is 5.93. The number of ether oxygens (including phenoxy) is 1. The van der Waals surface area contributed by atoms with E-state index in [0.29, 0.717) is 38.3 Å². The van der Waals surface area contributed by atoms with E-state index < -0.39 is 0 Å². The number of hydrogen-bond donors (Lipinski definition) is 1. The van der Waals surface area contributed by atoms with Crippen LogP contribution in [0, 0.1) is 5.82 Å². The lowest BCUT2D eigenvalue weighted by molar-refractivity contribution is -0.121. The minimum absolute atomic E-state index is 0.0310. The van der Waals surface area contributed by atoms with E-state index in [-0.39, 0.29) is 35.4 Å². The van der Waals surface area contributed by atoms with E-state index in [2.05, 4.69) is 5.32 Å². The number of amides is 2. The summed E-state index contributed by atoms with van der Waals surface area (Å²) in [5, 5.41) is 2.79. The first-order chi connectivity index (χ1) is 14.0. The summed E-state index contributed by atoms with van der Waals surface area (Å²) in [5.41, 5.74) is 0.654. The molecule has 0 fully saturated rings. The Morgan fingerprint density at radius 3 is 2.69 bits per heavy atom. The molecule has 7 nitrogen and oxygen atoms in total. The number of rotatable bonds is 8. The van der Waals surface area contributed by atoms with E-state index >= 15 is 0 Å². The van der Waals surface area contributed by atoms with Crippen molar-refractivity contribution in [3.63, 3.8) is 0 Å². The van der Waals surface area contributed by atoms with Crippen molar-refractivity contribution in [2.24, 2.45) is 0 Å². The molecule has 1 aromatic heterocycles. The summed E-state index contributed by atoms with van der Waals surface area (Å²) in [5.74, 6) is -0.471. The van der Waals surface area contributed by atoms with Crippen molar-refractivity contribution in [2.75, 3.05) is 19.6 Å². The van der Waals surface area contributed by atoms with E-state index in [4.69, 9.17) is 4.74 Å². The molecule has 29 heavy (non-hydrogen) atoms. The maximum atomic E-state index is 13.0. The van der Waals surface area contributed by atoms with E-state index in [0.717, 1.165) is 12.0 Å². The summed E-state index contributed by atoms with van der Waals surface area (Å²) in [6.07, 6.45) is 2.78. The second-order valence-corrected chi connectivity index (χ2v) is 6.89. The molecular formula is C21H24FN3O4. The largest absolute Gasteiger partial charge is 0.483 e. The zero-order chi connectivity index (χ0) is 20.8. The quantitative estimate of drug-likeness (QED) is 0.733. The van der Waals surface area contributed by atoms with Crippen molar-refractivity contribution in [3.8, 4) is 5.75 Å². The van der Waals surface area contributed by atoms with E-state index in [1.54, 1.807) is 27.8 Å². The molecule has 0 saturated carbocycles. The summed E-state index contributed by atoms with van der Waals surface area (Å²) in [7, 11) is 0. The van der Waals surface area contributed by atoms with Crippen LogP contribution in [0.15, 0.2) is 41.3 Å². The van der Waals surface area contributed by atoms with Crippen molar-refractivity contribution in [3.05, 3.63) is 63.8 Å². The first-order valence-electron chi connectivity index (χ1n) is 9.65. The van der Waals surface area contributed by atoms with Gasteiger partial charge in [0.05, 0.1) is 6.20 Å². The summed E-state index contributed by atoms with van der Waals surface area (Å²) < 4.78 is 20.3. The lowest BCUT2D eigenvalue weighted by atomic mass is 10.2. The van der Waals surface area contributed by atoms with Crippen LogP contribution in [0.1, 0.15) is 35.8 Å². The Morgan fingerprint density at radius 1 is 1.21 bits per heavy atom. The third kappa shape index (κ3) is 5.22. The van der Waals surface area contributed by atoms with Gasteiger partial charge < -0.3 is 19.5 Å². The molecule has 1 aliphatic heterocycles. The van der Waals surface area contributed by atoms with Crippen LogP contribution in [0.25, 0.3) is 0 Å². The molecule has 1 aliphatic rings. The molecule has 0 spiro atoms. The lowest BCUT2D eigenvalue weighted by Crippen LogP contribution is -2.45. The van der Waals surface area contributed by atoms with Gasteiger partial charge >= 0.3 is 0 Å². The topological polar surface area (TPSA) is 80.6 Å². The van der Waals surface area contributed by atoms with Gasteiger partial charge in [-0.15, -0.1) is 0 Å². The fourth-order valence-electron chi connectivity index (χ4n) is 3.12. The smallest absolute Gasteiger partial charge is 0.270 e. The lowest BCUT2D eigenvalue weighted by Gasteiger charge is -2.30. The van der Waals surface area contributed by atoms with Gasteiger partial charge in [0.25, 0.3) is 5.91 Å². The molecule has 0 radical (unpaired) electrons. The number of carbonyl (C=O) groups is 2. The summed E-state index contributed by atoms with van der Waals surface area (Å²) >= 11 is 0. The second-order valence-electron chi connectivity index (χ2n) is 6.89. The Balaban J connectivity index is 1.63. The van der Waals surface area contributed by atoms with Gasteiger partial charge in [-0.25, -0.2) is 4.39 Å². The fraction of sp³-hybridized carbons (Fsp3) is 0.381. The minimum atomic E-state index is -0.384. The molecule has 2 amide bonds. The Hall–Kier alpha value is -3.16. The van der Waals surface area contributed by atoms with Crippen LogP contribution in [-0.2, 0) is 17.9 Å². The second kappa shape index (κ2) is 9.36. The van der Waals surface area contributed by atoms with Gasteiger partial charge in [-0.1, -0.05) is 19.1 Å². The van der Waals surface area contributed by atoms with Crippen LogP contribution in [0.5, 0.6) is 5.75 Å². The monoisotopic (exact) mass is 401 g/mol. The number of nitrogens with zero attached hydrogens (tertiary/aromatic N) is 2. The number of benzene rings is 1. The molecule has 1 N–H and O–H groups in total. The maximum Gasteiger partial charge on any atom is 0.270 e. The SMILES string of the molecule is CCCC(=O)NCCN1CCn2cc(OCc3ccc(F)cc3)c(=O)cc2C1=O. The van der Waals surface area contributed by atoms with Crippen molar-refractivity contribution < 1.29 is 18.7 Å². The average molecular weight is 401 g/mol. The third-order valence-corrected chi connectivity index (χ3v) is 4.70. The molecule has 1 aromatic carbocycles. The van der Waals surface area contributed by atoms with Crippen LogP contribution in [0.3, 0.4) is 0 Å². The van der Waals surface area contributed by atoms with Crippen molar-refractivity contribution in [1.82, 2.24) is 14.8 Å². The molecular weight excluding hydrogens is 377 g/mol. The molecule has 3 rings (SSSR count). The van der Waals surface area contributed by atoms with E-state index in [9.17, 15) is 18.8 Å². The summed E-state index contributed by atoms with van der Waals surface area (Å²) in [6.45, 7) is 3.85. The number of nitrogens with one attached hydrogen (secondary N) is 1. The first kappa shape index (κ1) is 20.6. The van der Waals surface area contributed by atoms with Crippen molar-refractivity contribution in [1.29, 1.82) is 0 Å². The number of aromatic nitrogens is 1. The number of halogens is 1. The molecule has 0 aliphatic carbocycles. The fourth-order valence-corrected chi connectivity index (χ4v) is 3.12. The summed E-state index contributed by atoms with van der Waals surface area (Å²) in [6, 6.07) is 7.12. The average Bonchev–Trinajstić information content (AvgIpc) is 2.70. The van der Waals surface area contributed by atoms with Gasteiger partial charge in [0.15, 0.2) is 5.75 Å². The maximum absolute atomic E-state index is 13.0. The molecule has 8 heteroatoms. The van der Waals surface area contributed by atoms with Crippen LogP contribution in [0.4, 0.5) is 4.39 Å². The molecule has 0 saturated heterocycles. The van der Waals surface area contributed by atoms with Crippen molar-refractivity contribution in [2.45, 2.75) is 32.9 Å². The van der Waals surface area contributed by atoms with Gasteiger partial charge in [0.2, 0.25) is 11.3 Å². The summed E-state index contributed by atoms with van der Waals surface area (Å²) in [4.78, 5) is 38.2. The first-order valence-corrected chi connectivity index (χ1v) is 9.65. The van der Waals surface area contributed by atoms with Gasteiger partial charge in [-0.05, 0) is 24.1 Å². The molecule has 2 heterocycles. The molecule has 0 unspecified atom stereocenters. The zero-order valence-corrected chi connectivity index (χ0v) is 16.3. The normalized spacial score (nSPS) is 13.2. The highest BCUT2D eigenvalue weighted by Gasteiger charge is 2.25. The van der Waals surface area contributed by atoms with Gasteiger partial charge in [-0.3, -0.25) is 14.4 Å². The minimum Gasteiger partial charge on any atom is -0.483 e. The third-order valence-electron chi connectivity index (χ3n) is 4.70. The Labute approximate surface area is 168 Å². The van der Waals surface area contributed by atoms with Crippen LogP contribution in [0.2, 0.25) is 0 Å². The van der Waals surface area contributed by atoms with E-state index in [1.165, 1.54) is 18.2 Å². The molecule has 0 bridgehead atoms. The van der Waals surface area contributed by atoms with E-state index in [1.807, 2.05) is 6.92 Å². The van der Waals surface area contributed by atoms with Gasteiger partial charge in [0.1, 0.15) is 18.1 Å². The number of carbonyl (C=O) groups excluding carboxylic acids is 2. The van der Waals surface area contributed by atoms with Gasteiger partial charge in [0, 0.05) is 38.7 Å².